The zero-order valence-electron chi connectivity index (χ0n) is 27.5. The van der Waals surface area contributed by atoms with Crippen LogP contribution in [0.15, 0.2) is 186 Å². The van der Waals surface area contributed by atoms with Gasteiger partial charge < -0.3 is 9.32 Å². The minimum Gasteiger partial charge on any atom is -0.436 e. The highest BCUT2D eigenvalue weighted by molar-refractivity contribution is 7.26. The van der Waals surface area contributed by atoms with E-state index in [2.05, 4.69) is 163 Å². The summed E-state index contributed by atoms with van der Waals surface area (Å²) in [5, 5.41) is 4.87. The summed E-state index contributed by atoms with van der Waals surface area (Å²) in [5.74, 6) is 0.649. The molecule has 51 heavy (non-hydrogen) atoms. The summed E-state index contributed by atoms with van der Waals surface area (Å²) in [6.45, 7) is 0. The van der Waals surface area contributed by atoms with Crippen molar-refractivity contribution in [2.24, 2.45) is 0 Å². The van der Waals surface area contributed by atoms with E-state index in [1.807, 2.05) is 24.3 Å². The van der Waals surface area contributed by atoms with Gasteiger partial charge in [0.25, 0.3) is 0 Å². The second-order valence-corrected chi connectivity index (χ2v) is 13.9. The molecule has 2 heterocycles. The number of benzene rings is 8. The number of aromatic nitrogens is 1. The Morgan fingerprint density at radius 1 is 0.451 bits per heavy atom. The fourth-order valence-electron chi connectivity index (χ4n) is 7.29. The average molecular weight is 671 g/mol. The van der Waals surface area contributed by atoms with E-state index in [4.69, 9.17) is 9.40 Å². The SMILES string of the molecule is c1ccc(-c2cccc(N(c3ccc(-c4cccc5ccccc45)cc3)c3ccc4c(c3)sc3cccc(-c5nc6ccccc6o5)c34)c2)cc1. The predicted octanol–water partition coefficient (Wildman–Crippen LogP) is 13.8. The topological polar surface area (TPSA) is 29.3 Å². The summed E-state index contributed by atoms with van der Waals surface area (Å²) in [6.07, 6.45) is 0. The summed E-state index contributed by atoms with van der Waals surface area (Å²) in [6, 6.07) is 64.7. The molecule has 0 aliphatic carbocycles. The first-order chi connectivity index (χ1) is 25.3. The van der Waals surface area contributed by atoms with E-state index in [1.165, 1.54) is 53.2 Å². The standard InChI is InChI=1S/C47H30N2OS/c1-2-11-31(12-3-1)34-15-8-16-36(29-34)49(35-25-23-33(24-26-35)39-18-9-14-32-13-4-5-17-38(32)39)37-27-28-40-45(30-37)51-44-22-10-19-41(46(40)44)47-48-42-20-6-7-21-43(42)50-47/h1-30H. The van der Waals surface area contributed by atoms with Crippen molar-refractivity contribution >= 4 is 70.4 Å². The Hall–Kier alpha value is -6.49. The molecule has 2 aromatic heterocycles. The van der Waals surface area contributed by atoms with Crippen LogP contribution in [0.1, 0.15) is 0 Å². The molecule has 240 valence electrons. The molecular formula is C47H30N2OS. The monoisotopic (exact) mass is 670 g/mol. The third-order valence-corrected chi connectivity index (χ3v) is 10.8. The minimum absolute atomic E-state index is 0.649. The number of para-hydroxylation sites is 2. The molecular weight excluding hydrogens is 641 g/mol. The van der Waals surface area contributed by atoms with Gasteiger partial charge in [0.2, 0.25) is 5.89 Å². The molecule has 0 aliphatic heterocycles. The van der Waals surface area contributed by atoms with Gasteiger partial charge in [0, 0.05) is 42.8 Å². The zero-order valence-corrected chi connectivity index (χ0v) is 28.3. The number of oxazole rings is 1. The Kier molecular flexibility index (Phi) is 7.00. The van der Waals surface area contributed by atoms with Gasteiger partial charge in [-0.1, -0.05) is 121 Å². The van der Waals surface area contributed by atoms with Crippen molar-refractivity contribution in [2.45, 2.75) is 0 Å². The second-order valence-electron chi connectivity index (χ2n) is 12.8. The van der Waals surface area contributed by atoms with Crippen molar-refractivity contribution in [1.82, 2.24) is 4.98 Å². The van der Waals surface area contributed by atoms with E-state index in [0.717, 1.165) is 33.7 Å². The number of thiophene rings is 1. The summed E-state index contributed by atoms with van der Waals surface area (Å²) in [7, 11) is 0. The lowest BCUT2D eigenvalue weighted by molar-refractivity contribution is 0.620. The predicted molar refractivity (Wildman–Crippen MR) is 215 cm³/mol. The van der Waals surface area contributed by atoms with Gasteiger partial charge in [-0.05, 0) is 93.7 Å². The van der Waals surface area contributed by atoms with Crippen LogP contribution in [-0.4, -0.2) is 4.98 Å². The molecule has 0 saturated carbocycles. The highest BCUT2D eigenvalue weighted by atomic mass is 32.1. The highest BCUT2D eigenvalue weighted by Gasteiger charge is 2.19. The Balaban J connectivity index is 1.12. The first-order valence-corrected chi connectivity index (χ1v) is 17.9. The smallest absolute Gasteiger partial charge is 0.227 e. The summed E-state index contributed by atoms with van der Waals surface area (Å²) in [5.41, 5.74) is 10.8. The quantitative estimate of drug-likeness (QED) is 0.176. The van der Waals surface area contributed by atoms with Crippen LogP contribution in [0.5, 0.6) is 0 Å². The Morgan fingerprint density at radius 2 is 1.16 bits per heavy atom. The van der Waals surface area contributed by atoms with Gasteiger partial charge >= 0.3 is 0 Å². The molecule has 3 nitrogen and oxygen atoms in total. The second kappa shape index (κ2) is 12.1. The Morgan fingerprint density at radius 3 is 2.06 bits per heavy atom. The molecule has 0 bridgehead atoms. The van der Waals surface area contributed by atoms with Crippen molar-refractivity contribution in [1.29, 1.82) is 0 Å². The lowest BCUT2D eigenvalue weighted by Crippen LogP contribution is -2.10. The summed E-state index contributed by atoms with van der Waals surface area (Å²) < 4.78 is 8.67. The minimum atomic E-state index is 0.649. The molecule has 0 radical (unpaired) electrons. The van der Waals surface area contributed by atoms with Gasteiger partial charge in [-0.3, -0.25) is 0 Å². The van der Waals surface area contributed by atoms with Crippen molar-refractivity contribution in [3.63, 3.8) is 0 Å². The first kappa shape index (κ1) is 29.4. The molecule has 0 N–H and O–H groups in total. The van der Waals surface area contributed by atoms with Crippen LogP contribution in [0.4, 0.5) is 17.1 Å². The third-order valence-electron chi connectivity index (χ3n) is 9.70. The van der Waals surface area contributed by atoms with Crippen LogP contribution in [0.25, 0.3) is 75.8 Å². The Bertz CT molecular complexity index is 2830. The van der Waals surface area contributed by atoms with Crippen LogP contribution in [0.3, 0.4) is 0 Å². The molecule has 10 aromatic rings. The average Bonchev–Trinajstić information content (AvgIpc) is 3.80. The lowest BCUT2D eigenvalue weighted by atomic mass is 9.98. The third kappa shape index (κ3) is 5.16. The van der Waals surface area contributed by atoms with Crippen LogP contribution in [0.2, 0.25) is 0 Å². The Labute approximate surface area is 299 Å². The molecule has 4 heteroatoms. The molecule has 0 aliphatic rings. The number of hydrogen-bond acceptors (Lipinski definition) is 4. The van der Waals surface area contributed by atoms with Gasteiger partial charge in [0.05, 0.1) is 0 Å². The maximum Gasteiger partial charge on any atom is 0.227 e. The zero-order chi connectivity index (χ0) is 33.7. The van der Waals surface area contributed by atoms with E-state index in [-0.39, 0.29) is 0 Å². The van der Waals surface area contributed by atoms with Gasteiger partial charge in [0.1, 0.15) is 5.52 Å². The number of hydrogen-bond donors (Lipinski definition) is 0. The lowest BCUT2D eigenvalue weighted by Gasteiger charge is -2.26. The van der Waals surface area contributed by atoms with Crippen LogP contribution < -0.4 is 4.90 Å². The van der Waals surface area contributed by atoms with Crippen molar-refractivity contribution in [3.8, 4) is 33.7 Å². The van der Waals surface area contributed by atoms with E-state index in [0.29, 0.717) is 5.89 Å². The van der Waals surface area contributed by atoms with Crippen molar-refractivity contribution in [3.05, 3.63) is 182 Å². The highest BCUT2D eigenvalue weighted by Crippen LogP contribution is 2.44. The molecule has 0 amide bonds. The van der Waals surface area contributed by atoms with Crippen molar-refractivity contribution in [2.75, 3.05) is 4.90 Å². The van der Waals surface area contributed by atoms with E-state index >= 15 is 0 Å². The summed E-state index contributed by atoms with van der Waals surface area (Å²) >= 11 is 1.80. The maximum absolute atomic E-state index is 6.26. The molecule has 0 spiro atoms. The van der Waals surface area contributed by atoms with Crippen LogP contribution in [0, 0.1) is 0 Å². The molecule has 10 rings (SSSR count). The van der Waals surface area contributed by atoms with E-state index < -0.39 is 0 Å². The van der Waals surface area contributed by atoms with E-state index in [9.17, 15) is 0 Å². The van der Waals surface area contributed by atoms with Crippen LogP contribution in [-0.2, 0) is 0 Å². The number of nitrogens with zero attached hydrogens (tertiary/aromatic N) is 2. The van der Waals surface area contributed by atoms with Crippen molar-refractivity contribution < 1.29 is 4.42 Å². The molecule has 0 unspecified atom stereocenters. The first-order valence-electron chi connectivity index (χ1n) is 17.1. The number of fused-ring (bicyclic) bond motifs is 5. The molecule has 0 fully saturated rings. The fraction of sp³-hybridized carbons (Fsp3) is 0. The normalized spacial score (nSPS) is 11.5. The summed E-state index contributed by atoms with van der Waals surface area (Å²) in [4.78, 5) is 7.22. The van der Waals surface area contributed by atoms with Gasteiger partial charge in [-0.2, -0.15) is 0 Å². The van der Waals surface area contributed by atoms with Gasteiger partial charge in [0.15, 0.2) is 5.58 Å². The van der Waals surface area contributed by atoms with Gasteiger partial charge in [-0.15, -0.1) is 11.3 Å². The molecule has 0 saturated heterocycles. The number of anilines is 3. The molecule has 0 atom stereocenters. The van der Waals surface area contributed by atoms with Gasteiger partial charge in [-0.25, -0.2) is 4.98 Å². The largest absolute Gasteiger partial charge is 0.436 e. The maximum atomic E-state index is 6.26. The molecule has 8 aromatic carbocycles. The number of rotatable bonds is 6. The van der Waals surface area contributed by atoms with Crippen LogP contribution >= 0.6 is 11.3 Å². The fourth-order valence-corrected chi connectivity index (χ4v) is 8.45. The van der Waals surface area contributed by atoms with E-state index in [1.54, 1.807) is 11.3 Å².